The number of aromatic nitrogens is 1. The van der Waals surface area contributed by atoms with Crippen molar-refractivity contribution in [2.45, 2.75) is 0 Å². The molecular formula is C12H7IrN2. The molecule has 0 aliphatic rings. The van der Waals surface area contributed by atoms with Gasteiger partial charge in [-0.15, -0.1) is 0 Å². The van der Waals surface area contributed by atoms with E-state index in [9.17, 15) is 0 Å². The molecule has 0 N–H and O–H groups in total. The van der Waals surface area contributed by atoms with Gasteiger partial charge in [0.05, 0.1) is 0 Å². The standard InChI is InChI=1S/C12H7N2.Ir/c13-9-10-4-6-11(7-5-10)12-3-1-2-8-14-12;/h1-6,8H;. The monoisotopic (exact) mass is 372 g/mol. The third kappa shape index (κ3) is 2.12. The third-order valence-corrected chi connectivity index (χ3v) is 3.01. The van der Waals surface area contributed by atoms with Crippen LogP contribution in [0.15, 0.2) is 42.6 Å². The van der Waals surface area contributed by atoms with Gasteiger partial charge >= 0.3 is 98.7 Å². The van der Waals surface area contributed by atoms with E-state index in [0.29, 0.717) is 5.56 Å². The normalized spacial score (nSPS) is 9.67. The molecule has 0 unspecified atom stereocenters. The number of nitrogens with zero attached hydrogens (tertiary/aromatic N) is 2. The summed E-state index contributed by atoms with van der Waals surface area (Å²) in [5.41, 5.74) is 2.71. The van der Waals surface area contributed by atoms with Crippen LogP contribution in [0.25, 0.3) is 11.3 Å². The molecule has 3 heteroatoms. The van der Waals surface area contributed by atoms with Crippen molar-refractivity contribution in [2.24, 2.45) is 0 Å². The first kappa shape index (κ1) is 10.0. The van der Waals surface area contributed by atoms with Crippen LogP contribution in [0.3, 0.4) is 0 Å². The Hall–Kier alpha value is -1.49. The Morgan fingerprint density at radius 2 is 2.07 bits per heavy atom. The van der Waals surface area contributed by atoms with Gasteiger partial charge in [0.25, 0.3) is 0 Å². The molecule has 0 spiro atoms. The third-order valence-electron chi connectivity index (χ3n) is 2.02. The van der Waals surface area contributed by atoms with E-state index >= 15 is 0 Å². The van der Waals surface area contributed by atoms with Crippen LogP contribution in [0.5, 0.6) is 0 Å². The van der Waals surface area contributed by atoms with Gasteiger partial charge in [-0.25, -0.2) is 0 Å². The van der Waals surface area contributed by atoms with E-state index in [1.165, 1.54) is 0 Å². The van der Waals surface area contributed by atoms with Crippen LogP contribution in [0.1, 0.15) is 5.56 Å². The van der Waals surface area contributed by atoms with Crippen molar-refractivity contribution >= 4 is 4.08 Å². The van der Waals surface area contributed by atoms with E-state index < -0.39 is 0 Å². The number of hydrogen-bond acceptors (Lipinski definition) is 2. The Bertz CT molecular complexity index is 515. The predicted molar refractivity (Wildman–Crippen MR) is 54.0 cm³/mol. The molecule has 1 heterocycles. The van der Waals surface area contributed by atoms with Crippen molar-refractivity contribution in [3.63, 3.8) is 0 Å². The van der Waals surface area contributed by atoms with Crippen LogP contribution >= 0.6 is 0 Å². The average molecular weight is 371 g/mol. The van der Waals surface area contributed by atoms with Gasteiger partial charge in [-0.05, 0) is 0 Å². The van der Waals surface area contributed by atoms with E-state index in [1.54, 1.807) is 6.20 Å². The van der Waals surface area contributed by atoms with E-state index in [4.69, 9.17) is 5.26 Å². The molecule has 2 rings (SSSR count). The van der Waals surface area contributed by atoms with Crippen molar-refractivity contribution in [3.8, 4) is 17.3 Å². The first-order valence-electron chi connectivity index (χ1n) is 4.40. The minimum absolute atomic E-state index is 0.687. The second kappa shape index (κ2) is 4.35. The Labute approximate surface area is 98.7 Å². The minimum atomic E-state index is 0.687. The summed E-state index contributed by atoms with van der Waals surface area (Å²) >= 11 is 1.99. The molecule has 0 aliphatic heterocycles. The van der Waals surface area contributed by atoms with Crippen LogP contribution in [0.4, 0.5) is 0 Å². The van der Waals surface area contributed by atoms with Gasteiger partial charge in [-0.3, -0.25) is 0 Å². The molecule has 0 radical (unpaired) electrons. The average Bonchev–Trinajstić information content (AvgIpc) is 2.30. The van der Waals surface area contributed by atoms with Gasteiger partial charge in [-0.2, -0.15) is 0 Å². The van der Waals surface area contributed by atoms with E-state index in [1.807, 2.05) is 55.3 Å². The quantitative estimate of drug-likeness (QED) is 0.767. The fourth-order valence-electron chi connectivity index (χ4n) is 1.30. The number of rotatable bonds is 1. The number of pyridine rings is 1. The molecule has 2 nitrogen and oxygen atoms in total. The van der Waals surface area contributed by atoms with Crippen LogP contribution < -0.4 is 4.08 Å². The molecule has 0 amide bonds. The van der Waals surface area contributed by atoms with Crippen LogP contribution in [0, 0.1) is 11.3 Å². The summed E-state index contributed by atoms with van der Waals surface area (Å²) in [5.74, 6) is 0. The summed E-state index contributed by atoms with van der Waals surface area (Å²) in [7, 11) is 0. The molecule has 0 fully saturated rings. The Morgan fingerprint density at radius 1 is 1.20 bits per heavy atom. The fourth-order valence-corrected chi connectivity index (χ4v) is 2.18. The molecule has 1 aromatic heterocycles. The summed E-state index contributed by atoms with van der Waals surface area (Å²) in [6.45, 7) is 0. The second-order valence-corrected chi connectivity index (χ2v) is 4.29. The summed E-state index contributed by atoms with van der Waals surface area (Å²) in [6, 6.07) is 13.6. The molecule has 0 atom stereocenters. The zero-order chi connectivity index (χ0) is 10.7. The molecule has 74 valence electrons. The van der Waals surface area contributed by atoms with E-state index in [2.05, 4.69) is 11.1 Å². The first-order valence-corrected chi connectivity index (χ1v) is 5.60. The molecule has 0 aliphatic carbocycles. The van der Waals surface area contributed by atoms with Crippen molar-refractivity contribution in [1.82, 2.24) is 4.98 Å². The molecule has 15 heavy (non-hydrogen) atoms. The van der Waals surface area contributed by atoms with Crippen molar-refractivity contribution in [2.75, 3.05) is 0 Å². The van der Waals surface area contributed by atoms with Gasteiger partial charge in [0, 0.05) is 0 Å². The van der Waals surface area contributed by atoms with Crippen LogP contribution in [0.2, 0.25) is 0 Å². The molecular weight excluding hydrogens is 364 g/mol. The summed E-state index contributed by atoms with van der Waals surface area (Å²) in [6.07, 6.45) is 1.77. The molecule has 0 bridgehead atoms. The van der Waals surface area contributed by atoms with Crippen molar-refractivity contribution in [1.29, 1.82) is 5.26 Å². The summed E-state index contributed by atoms with van der Waals surface area (Å²) in [5, 5.41) is 8.76. The number of hydrogen-bond donors (Lipinski definition) is 0. The Balaban J connectivity index is 2.52. The zero-order valence-electron chi connectivity index (χ0n) is 7.77. The van der Waals surface area contributed by atoms with Gasteiger partial charge in [-0.1, -0.05) is 0 Å². The van der Waals surface area contributed by atoms with Gasteiger partial charge in [0.1, 0.15) is 0 Å². The predicted octanol–water partition coefficient (Wildman–Crippen LogP) is 1.79. The maximum absolute atomic E-state index is 8.76. The van der Waals surface area contributed by atoms with Crippen molar-refractivity contribution < 1.29 is 18.9 Å². The van der Waals surface area contributed by atoms with Gasteiger partial charge in [0.2, 0.25) is 0 Å². The van der Waals surface area contributed by atoms with E-state index in [0.717, 1.165) is 15.3 Å². The molecule has 0 saturated heterocycles. The zero-order valence-corrected chi connectivity index (χ0v) is 10.2. The Kier molecular flexibility index (Phi) is 2.91. The van der Waals surface area contributed by atoms with Gasteiger partial charge < -0.3 is 0 Å². The summed E-state index contributed by atoms with van der Waals surface area (Å²) < 4.78 is 1.08. The second-order valence-electron chi connectivity index (χ2n) is 3.00. The summed E-state index contributed by atoms with van der Waals surface area (Å²) in [4.78, 5) is 4.28. The molecule has 0 saturated carbocycles. The van der Waals surface area contributed by atoms with E-state index in [-0.39, 0.29) is 0 Å². The van der Waals surface area contributed by atoms with Crippen LogP contribution in [-0.4, -0.2) is 4.98 Å². The number of nitriles is 1. The molecule has 1 aromatic carbocycles. The SMILES string of the molecule is N#Cc1ccc(-c2ccccn2)[c]([Ir])c1. The first-order chi connectivity index (χ1) is 7.31. The Morgan fingerprint density at radius 3 is 2.67 bits per heavy atom. The fraction of sp³-hybridized carbons (Fsp3) is 0. The van der Waals surface area contributed by atoms with Crippen LogP contribution in [-0.2, 0) is 18.9 Å². The maximum atomic E-state index is 8.76. The topological polar surface area (TPSA) is 36.7 Å². The number of benzene rings is 1. The van der Waals surface area contributed by atoms with Gasteiger partial charge in [0.15, 0.2) is 0 Å². The van der Waals surface area contributed by atoms with Crippen molar-refractivity contribution in [3.05, 3.63) is 48.2 Å². The molecule has 2 aromatic rings.